The molecule has 6 heteroatoms. The van der Waals surface area contributed by atoms with E-state index in [0.717, 1.165) is 23.4 Å². The maximum absolute atomic E-state index is 13.2. The fraction of sp³-hybridized carbons (Fsp3) is 0.263. The Kier molecular flexibility index (Phi) is 5.71. The van der Waals surface area contributed by atoms with Gasteiger partial charge in [0.05, 0.1) is 5.69 Å². The van der Waals surface area contributed by atoms with Crippen LogP contribution in [-0.4, -0.2) is 34.9 Å². The number of para-hydroxylation sites is 1. The molecule has 1 fully saturated rings. The van der Waals surface area contributed by atoms with Gasteiger partial charge in [-0.25, -0.2) is 9.38 Å². The number of hydrogen-bond acceptors (Lipinski definition) is 4. The number of aliphatic imine (C=N–C) groups is 1. The molecule has 3 rings (SSSR count). The highest BCUT2D eigenvalue weighted by Crippen LogP contribution is 2.25. The first-order valence-electron chi connectivity index (χ1n) is 8.09. The normalized spacial score (nSPS) is 16.1. The van der Waals surface area contributed by atoms with Crippen molar-refractivity contribution in [2.24, 2.45) is 4.99 Å². The van der Waals surface area contributed by atoms with Gasteiger partial charge in [-0.05, 0) is 37.1 Å². The van der Waals surface area contributed by atoms with Gasteiger partial charge in [0.25, 0.3) is 5.91 Å². The number of halogens is 1. The minimum Gasteiger partial charge on any atom is -0.484 e. The molecular weight excluding hydrogens is 339 g/mol. The average Bonchev–Trinajstić information content (AvgIpc) is 2.62. The molecule has 1 aliphatic heterocycles. The number of carbonyl (C=O) groups is 1. The maximum Gasteiger partial charge on any atom is 0.266 e. The second-order valence-corrected chi connectivity index (χ2v) is 6.74. The minimum absolute atomic E-state index is 0.142. The molecule has 0 unspecified atom stereocenters. The van der Waals surface area contributed by atoms with Crippen molar-refractivity contribution in [2.75, 3.05) is 18.9 Å². The van der Waals surface area contributed by atoms with E-state index in [1.165, 1.54) is 12.1 Å². The van der Waals surface area contributed by atoms with E-state index in [1.807, 2.05) is 31.2 Å². The molecule has 2 aromatic rings. The highest BCUT2D eigenvalue weighted by molar-refractivity contribution is 8.13. The average molecular weight is 358 g/mol. The molecule has 4 nitrogen and oxygen atoms in total. The first kappa shape index (κ1) is 17.5. The number of nitrogens with zero attached hydrogens (tertiary/aromatic N) is 2. The molecule has 25 heavy (non-hydrogen) atoms. The summed E-state index contributed by atoms with van der Waals surface area (Å²) in [6.45, 7) is 2.46. The van der Waals surface area contributed by atoms with Crippen LogP contribution in [0.2, 0.25) is 0 Å². The van der Waals surface area contributed by atoms with Gasteiger partial charge in [-0.1, -0.05) is 36.0 Å². The van der Waals surface area contributed by atoms with Crippen molar-refractivity contribution in [2.45, 2.75) is 13.3 Å². The second kappa shape index (κ2) is 8.16. The lowest BCUT2D eigenvalue weighted by molar-refractivity contribution is -0.129. The predicted molar refractivity (Wildman–Crippen MR) is 99.0 cm³/mol. The maximum atomic E-state index is 13.2. The number of carbonyl (C=O) groups excluding carboxylic acids is 1. The zero-order valence-corrected chi connectivity index (χ0v) is 14.8. The summed E-state index contributed by atoms with van der Waals surface area (Å²) in [7, 11) is 0. The van der Waals surface area contributed by atoms with Crippen LogP contribution in [0.15, 0.2) is 53.5 Å². The van der Waals surface area contributed by atoms with Gasteiger partial charge in [-0.2, -0.15) is 0 Å². The van der Waals surface area contributed by atoms with Gasteiger partial charge < -0.3 is 4.74 Å². The van der Waals surface area contributed by atoms with Gasteiger partial charge in [-0.15, -0.1) is 0 Å². The molecule has 0 aromatic heterocycles. The Morgan fingerprint density at radius 2 is 2.12 bits per heavy atom. The molecule has 0 N–H and O–H groups in total. The van der Waals surface area contributed by atoms with E-state index >= 15 is 0 Å². The number of rotatable bonds is 4. The lowest BCUT2D eigenvalue weighted by Crippen LogP contribution is -2.41. The largest absolute Gasteiger partial charge is 0.484 e. The lowest BCUT2D eigenvalue weighted by Gasteiger charge is -2.27. The Labute approximate surface area is 150 Å². The molecule has 1 heterocycles. The van der Waals surface area contributed by atoms with E-state index in [-0.39, 0.29) is 18.3 Å². The Balaban J connectivity index is 1.72. The van der Waals surface area contributed by atoms with Gasteiger partial charge in [0.2, 0.25) is 0 Å². The minimum atomic E-state index is -0.389. The van der Waals surface area contributed by atoms with E-state index < -0.39 is 0 Å². The van der Waals surface area contributed by atoms with Crippen LogP contribution in [0.3, 0.4) is 0 Å². The Morgan fingerprint density at radius 1 is 1.28 bits per heavy atom. The summed E-state index contributed by atoms with van der Waals surface area (Å²) in [6, 6.07) is 13.6. The number of ether oxygens (including phenoxy) is 1. The van der Waals surface area contributed by atoms with Gasteiger partial charge in [0.1, 0.15) is 11.6 Å². The van der Waals surface area contributed by atoms with Gasteiger partial charge >= 0.3 is 0 Å². The molecule has 1 saturated heterocycles. The molecule has 0 atom stereocenters. The standard InChI is InChI=1S/C19H19FN2O2S/c1-14-6-2-3-9-17(14)21-19-22(10-5-11-25-19)18(23)13-24-16-8-4-7-15(20)12-16/h2-4,6-9,12H,5,10-11,13H2,1H3. The Hall–Kier alpha value is -2.34. The van der Waals surface area contributed by atoms with Crippen molar-refractivity contribution in [3.63, 3.8) is 0 Å². The number of aryl methyl sites for hydroxylation is 1. The molecule has 2 aromatic carbocycles. The first-order chi connectivity index (χ1) is 12.1. The van der Waals surface area contributed by atoms with Crippen molar-refractivity contribution in [3.8, 4) is 5.75 Å². The summed E-state index contributed by atoms with van der Waals surface area (Å²) < 4.78 is 18.6. The van der Waals surface area contributed by atoms with Crippen LogP contribution in [0.5, 0.6) is 5.75 Å². The number of amidine groups is 1. The summed E-state index contributed by atoms with van der Waals surface area (Å²) in [5, 5.41) is 0.688. The number of amides is 1. The number of thioether (sulfide) groups is 1. The third kappa shape index (κ3) is 4.60. The molecular formula is C19H19FN2O2S. The van der Waals surface area contributed by atoms with E-state index in [4.69, 9.17) is 4.74 Å². The first-order valence-corrected chi connectivity index (χ1v) is 9.08. The third-order valence-corrected chi connectivity index (χ3v) is 4.84. The van der Waals surface area contributed by atoms with Crippen LogP contribution in [0, 0.1) is 12.7 Å². The van der Waals surface area contributed by atoms with Crippen LogP contribution >= 0.6 is 11.8 Å². The van der Waals surface area contributed by atoms with E-state index in [9.17, 15) is 9.18 Å². The van der Waals surface area contributed by atoms with Crippen molar-refractivity contribution in [3.05, 3.63) is 59.9 Å². The van der Waals surface area contributed by atoms with Crippen LogP contribution in [0.1, 0.15) is 12.0 Å². The molecule has 0 radical (unpaired) electrons. The topological polar surface area (TPSA) is 41.9 Å². The molecule has 130 valence electrons. The van der Waals surface area contributed by atoms with Gasteiger partial charge in [0, 0.05) is 18.4 Å². The molecule has 0 saturated carbocycles. The van der Waals surface area contributed by atoms with E-state index in [1.54, 1.807) is 28.8 Å². The predicted octanol–water partition coefficient (Wildman–Crippen LogP) is 4.17. The zero-order valence-electron chi connectivity index (χ0n) is 13.9. The van der Waals surface area contributed by atoms with Gasteiger partial charge in [-0.3, -0.25) is 9.69 Å². The lowest BCUT2D eigenvalue weighted by atomic mass is 10.2. The van der Waals surface area contributed by atoms with Crippen LogP contribution in [0.4, 0.5) is 10.1 Å². The van der Waals surface area contributed by atoms with Crippen LogP contribution < -0.4 is 4.74 Å². The summed E-state index contributed by atoms with van der Waals surface area (Å²) in [5.41, 5.74) is 1.92. The summed E-state index contributed by atoms with van der Waals surface area (Å²) in [6.07, 6.45) is 0.906. The molecule has 1 aliphatic rings. The fourth-order valence-electron chi connectivity index (χ4n) is 2.46. The highest BCUT2D eigenvalue weighted by Gasteiger charge is 2.24. The van der Waals surface area contributed by atoms with E-state index in [2.05, 4.69) is 4.99 Å². The SMILES string of the molecule is Cc1ccccc1N=C1SCCCN1C(=O)COc1cccc(F)c1. The fourth-order valence-corrected chi connectivity index (χ4v) is 3.42. The summed E-state index contributed by atoms with van der Waals surface area (Å²) >= 11 is 1.57. The number of hydrogen-bond donors (Lipinski definition) is 0. The van der Waals surface area contributed by atoms with Crippen molar-refractivity contribution in [1.29, 1.82) is 0 Å². The third-order valence-electron chi connectivity index (χ3n) is 3.78. The van der Waals surface area contributed by atoms with Crippen molar-refractivity contribution >= 4 is 28.5 Å². The second-order valence-electron chi connectivity index (χ2n) is 5.67. The van der Waals surface area contributed by atoms with Crippen molar-refractivity contribution < 1.29 is 13.9 Å². The summed E-state index contributed by atoms with van der Waals surface area (Å²) in [4.78, 5) is 18.9. The van der Waals surface area contributed by atoms with Crippen LogP contribution in [-0.2, 0) is 4.79 Å². The monoisotopic (exact) mass is 358 g/mol. The molecule has 1 amide bonds. The number of benzene rings is 2. The highest BCUT2D eigenvalue weighted by atomic mass is 32.2. The quantitative estimate of drug-likeness (QED) is 0.824. The molecule has 0 bridgehead atoms. The van der Waals surface area contributed by atoms with Crippen molar-refractivity contribution in [1.82, 2.24) is 4.90 Å². The summed E-state index contributed by atoms with van der Waals surface area (Å²) in [5.74, 6) is 0.707. The zero-order chi connectivity index (χ0) is 17.6. The molecule has 0 aliphatic carbocycles. The Bertz CT molecular complexity index is 794. The smallest absolute Gasteiger partial charge is 0.266 e. The van der Waals surface area contributed by atoms with E-state index in [0.29, 0.717) is 17.5 Å². The van der Waals surface area contributed by atoms with Gasteiger partial charge in [0.15, 0.2) is 11.8 Å². The molecule has 0 spiro atoms. The van der Waals surface area contributed by atoms with Crippen LogP contribution in [0.25, 0.3) is 0 Å². The Morgan fingerprint density at radius 3 is 2.92 bits per heavy atom.